The van der Waals surface area contributed by atoms with Crippen molar-refractivity contribution in [2.75, 3.05) is 5.32 Å². The van der Waals surface area contributed by atoms with Gasteiger partial charge < -0.3 is 15.6 Å². The average Bonchev–Trinajstić information content (AvgIpc) is 2.17. The first-order valence-corrected chi connectivity index (χ1v) is 5.77. The van der Waals surface area contributed by atoms with Gasteiger partial charge in [-0.1, -0.05) is 6.07 Å². The molecule has 5 heteroatoms. The Balaban J connectivity index is 2.77. The topological polar surface area (TPSA) is 84.6 Å². The number of aromatic hydroxyl groups is 1. The maximum Gasteiger partial charge on any atom is 0.412 e. The van der Waals surface area contributed by atoms with Gasteiger partial charge in [-0.15, -0.1) is 0 Å². The molecule has 1 aromatic carbocycles. The van der Waals surface area contributed by atoms with Crippen molar-refractivity contribution in [1.29, 1.82) is 0 Å². The van der Waals surface area contributed by atoms with Crippen molar-refractivity contribution in [3.05, 3.63) is 23.8 Å². The van der Waals surface area contributed by atoms with Crippen LogP contribution >= 0.6 is 0 Å². The molecule has 1 unspecified atom stereocenters. The molecule has 0 radical (unpaired) electrons. The number of phenolic OH excluding ortho intramolecular Hbond substituents is 1. The predicted molar refractivity (Wildman–Crippen MR) is 70.6 cm³/mol. The molecular weight excluding hydrogens is 232 g/mol. The fraction of sp³-hybridized carbons (Fsp3) is 0.462. The van der Waals surface area contributed by atoms with E-state index in [0.29, 0.717) is 5.69 Å². The van der Waals surface area contributed by atoms with Gasteiger partial charge in [0.05, 0.1) is 5.69 Å². The van der Waals surface area contributed by atoms with Crippen LogP contribution in [0.4, 0.5) is 10.5 Å². The number of carbonyl (C=O) groups excluding carboxylic acids is 1. The van der Waals surface area contributed by atoms with Gasteiger partial charge in [-0.05, 0) is 45.4 Å². The Labute approximate surface area is 107 Å². The molecule has 0 aliphatic heterocycles. The first kappa shape index (κ1) is 14.3. The largest absolute Gasteiger partial charge is 0.506 e. The second-order valence-corrected chi connectivity index (χ2v) is 5.19. The summed E-state index contributed by atoms with van der Waals surface area (Å²) in [6.45, 7) is 7.12. The number of nitrogens with two attached hydrogens (primary N) is 1. The SMILES string of the molecule is CC(N)c1ccc(NC(=O)OC(C)(C)C)c(O)c1. The number of phenols is 1. The van der Waals surface area contributed by atoms with Crippen LogP contribution in [-0.4, -0.2) is 16.8 Å². The third-order valence-electron chi connectivity index (χ3n) is 2.18. The quantitative estimate of drug-likeness (QED) is 0.706. The van der Waals surface area contributed by atoms with E-state index in [9.17, 15) is 9.90 Å². The van der Waals surface area contributed by atoms with E-state index < -0.39 is 11.7 Å². The molecule has 100 valence electrons. The van der Waals surface area contributed by atoms with Gasteiger partial charge in [0.25, 0.3) is 0 Å². The zero-order valence-electron chi connectivity index (χ0n) is 11.2. The van der Waals surface area contributed by atoms with Crippen LogP contribution in [0.1, 0.15) is 39.3 Å². The second kappa shape index (κ2) is 5.27. The third kappa shape index (κ3) is 4.25. The van der Waals surface area contributed by atoms with Crippen molar-refractivity contribution in [3.8, 4) is 5.75 Å². The van der Waals surface area contributed by atoms with Gasteiger partial charge in [0.15, 0.2) is 0 Å². The van der Waals surface area contributed by atoms with E-state index in [1.54, 1.807) is 32.9 Å². The highest BCUT2D eigenvalue weighted by Crippen LogP contribution is 2.26. The summed E-state index contributed by atoms with van der Waals surface area (Å²) in [5, 5.41) is 12.2. The third-order valence-corrected chi connectivity index (χ3v) is 2.18. The Morgan fingerprint density at radius 2 is 2.06 bits per heavy atom. The molecule has 0 aliphatic rings. The van der Waals surface area contributed by atoms with Crippen molar-refractivity contribution in [2.24, 2.45) is 5.73 Å². The lowest BCUT2D eigenvalue weighted by Crippen LogP contribution is -2.27. The summed E-state index contributed by atoms with van der Waals surface area (Å²) < 4.78 is 5.09. The summed E-state index contributed by atoms with van der Waals surface area (Å²) in [7, 11) is 0. The molecule has 1 amide bonds. The van der Waals surface area contributed by atoms with E-state index in [2.05, 4.69) is 5.32 Å². The molecule has 1 aromatic rings. The predicted octanol–water partition coefficient (Wildman–Crippen LogP) is 2.76. The Morgan fingerprint density at radius 3 is 2.50 bits per heavy atom. The Hall–Kier alpha value is -1.75. The number of ether oxygens (including phenoxy) is 1. The zero-order valence-corrected chi connectivity index (χ0v) is 11.2. The number of hydrogen-bond acceptors (Lipinski definition) is 4. The molecule has 0 bridgehead atoms. The van der Waals surface area contributed by atoms with E-state index >= 15 is 0 Å². The van der Waals surface area contributed by atoms with Gasteiger partial charge in [0, 0.05) is 6.04 Å². The van der Waals surface area contributed by atoms with Gasteiger partial charge in [-0.25, -0.2) is 4.79 Å². The van der Waals surface area contributed by atoms with E-state index in [-0.39, 0.29) is 11.8 Å². The zero-order chi connectivity index (χ0) is 13.9. The van der Waals surface area contributed by atoms with Gasteiger partial charge >= 0.3 is 6.09 Å². The van der Waals surface area contributed by atoms with Gasteiger partial charge in [-0.2, -0.15) is 0 Å². The fourth-order valence-electron chi connectivity index (χ4n) is 1.35. The molecule has 4 N–H and O–H groups in total. The monoisotopic (exact) mass is 252 g/mol. The molecule has 0 aromatic heterocycles. The van der Waals surface area contributed by atoms with E-state index in [4.69, 9.17) is 10.5 Å². The molecule has 0 spiro atoms. The summed E-state index contributed by atoms with van der Waals surface area (Å²) in [4.78, 5) is 11.5. The number of anilines is 1. The Morgan fingerprint density at radius 1 is 1.44 bits per heavy atom. The van der Waals surface area contributed by atoms with Crippen molar-refractivity contribution < 1.29 is 14.6 Å². The highest BCUT2D eigenvalue weighted by Gasteiger charge is 2.17. The number of nitrogens with one attached hydrogen (secondary N) is 1. The number of benzene rings is 1. The molecule has 0 saturated heterocycles. The van der Waals surface area contributed by atoms with Crippen molar-refractivity contribution in [2.45, 2.75) is 39.3 Å². The van der Waals surface area contributed by atoms with Crippen LogP contribution in [0.15, 0.2) is 18.2 Å². The first-order chi connectivity index (χ1) is 8.19. The van der Waals surface area contributed by atoms with Crippen LogP contribution in [0.2, 0.25) is 0 Å². The standard InChI is InChI=1S/C13H20N2O3/c1-8(14)9-5-6-10(11(16)7-9)15-12(17)18-13(2,3)4/h5-8,16H,14H2,1-4H3,(H,15,17). The molecule has 0 aliphatic carbocycles. The minimum Gasteiger partial charge on any atom is -0.506 e. The Bertz CT molecular complexity index is 436. The molecule has 0 saturated carbocycles. The van der Waals surface area contributed by atoms with E-state index in [0.717, 1.165) is 5.56 Å². The van der Waals surface area contributed by atoms with Crippen molar-refractivity contribution in [1.82, 2.24) is 0 Å². The number of amides is 1. The second-order valence-electron chi connectivity index (χ2n) is 5.19. The molecule has 5 nitrogen and oxygen atoms in total. The van der Waals surface area contributed by atoms with Crippen molar-refractivity contribution in [3.63, 3.8) is 0 Å². The van der Waals surface area contributed by atoms with E-state index in [1.807, 2.05) is 6.92 Å². The summed E-state index contributed by atoms with van der Waals surface area (Å²) in [5.41, 5.74) is 6.21. The summed E-state index contributed by atoms with van der Waals surface area (Å²) in [6.07, 6.45) is -0.605. The highest BCUT2D eigenvalue weighted by molar-refractivity contribution is 5.86. The van der Waals surface area contributed by atoms with Crippen LogP contribution in [0.25, 0.3) is 0 Å². The lowest BCUT2D eigenvalue weighted by molar-refractivity contribution is 0.0635. The highest BCUT2D eigenvalue weighted by atomic mass is 16.6. The summed E-state index contributed by atoms with van der Waals surface area (Å²) in [6, 6.07) is 4.69. The van der Waals surface area contributed by atoms with Gasteiger partial charge in [0.2, 0.25) is 0 Å². The smallest absolute Gasteiger partial charge is 0.412 e. The van der Waals surface area contributed by atoms with Crippen LogP contribution in [-0.2, 0) is 4.74 Å². The lowest BCUT2D eigenvalue weighted by atomic mass is 10.1. The van der Waals surface area contributed by atoms with Crippen LogP contribution in [0.5, 0.6) is 5.75 Å². The number of rotatable bonds is 2. The van der Waals surface area contributed by atoms with Gasteiger partial charge in [0.1, 0.15) is 11.4 Å². The average molecular weight is 252 g/mol. The molecule has 18 heavy (non-hydrogen) atoms. The minimum atomic E-state index is -0.605. The molecule has 1 rings (SSSR count). The lowest BCUT2D eigenvalue weighted by Gasteiger charge is -2.20. The summed E-state index contributed by atoms with van der Waals surface area (Å²) >= 11 is 0. The molecule has 0 fully saturated rings. The summed E-state index contributed by atoms with van der Waals surface area (Å²) in [5.74, 6) is -0.0318. The number of carbonyl (C=O) groups is 1. The van der Waals surface area contributed by atoms with Crippen molar-refractivity contribution >= 4 is 11.8 Å². The van der Waals surface area contributed by atoms with E-state index in [1.165, 1.54) is 6.07 Å². The first-order valence-electron chi connectivity index (χ1n) is 5.77. The molecule has 0 heterocycles. The fourth-order valence-corrected chi connectivity index (χ4v) is 1.35. The molecular formula is C13H20N2O3. The maximum atomic E-state index is 11.5. The maximum absolute atomic E-state index is 11.5. The van der Waals surface area contributed by atoms with Crippen LogP contribution in [0, 0.1) is 0 Å². The normalized spacial score (nSPS) is 12.9. The van der Waals surface area contributed by atoms with Crippen LogP contribution < -0.4 is 11.1 Å². The molecule has 1 atom stereocenters. The van der Waals surface area contributed by atoms with Crippen LogP contribution in [0.3, 0.4) is 0 Å². The Kier molecular flexibility index (Phi) is 4.19. The number of hydrogen-bond donors (Lipinski definition) is 3. The van der Waals surface area contributed by atoms with Gasteiger partial charge in [-0.3, -0.25) is 5.32 Å². The minimum absolute atomic E-state index is 0.0318.